The van der Waals surface area contributed by atoms with Gasteiger partial charge in [-0.15, -0.1) is 0 Å². The Morgan fingerprint density at radius 3 is 2.54 bits per heavy atom. The van der Waals surface area contributed by atoms with Gasteiger partial charge in [0.2, 0.25) is 0 Å². The summed E-state index contributed by atoms with van der Waals surface area (Å²) in [4.78, 5) is 29.9. The van der Waals surface area contributed by atoms with Crippen LogP contribution in [0.2, 0.25) is 0 Å². The van der Waals surface area contributed by atoms with Gasteiger partial charge in [-0.2, -0.15) is 0 Å². The molecule has 138 valence electrons. The normalized spacial score (nSPS) is 18.8. The molecule has 1 saturated heterocycles. The fourth-order valence-electron chi connectivity index (χ4n) is 3.82. The lowest BCUT2D eigenvalue weighted by Crippen LogP contribution is -2.46. The number of aryl methyl sites for hydroxylation is 1. The maximum absolute atomic E-state index is 11.8. The summed E-state index contributed by atoms with van der Waals surface area (Å²) in [6.45, 7) is 4.79. The molecule has 0 spiro atoms. The van der Waals surface area contributed by atoms with Crippen LogP contribution in [0.25, 0.3) is 0 Å². The van der Waals surface area contributed by atoms with Gasteiger partial charge < -0.3 is 4.90 Å². The predicted octanol–water partition coefficient (Wildman–Crippen LogP) is 1.51. The number of nitrogens with zero attached hydrogens (tertiary/aromatic N) is 6. The van der Waals surface area contributed by atoms with Crippen molar-refractivity contribution in [1.29, 1.82) is 0 Å². The van der Waals surface area contributed by atoms with E-state index in [9.17, 15) is 4.79 Å². The first-order valence-corrected chi connectivity index (χ1v) is 9.42. The average molecular weight is 354 g/mol. The van der Waals surface area contributed by atoms with Crippen molar-refractivity contribution >= 4 is 5.82 Å². The highest BCUT2D eigenvalue weighted by Gasteiger charge is 2.36. The molecular weight excluding hydrogens is 328 g/mol. The molecule has 7 nitrogen and oxygen atoms in total. The molecule has 0 radical (unpaired) electrons. The lowest BCUT2D eigenvalue weighted by Gasteiger charge is -2.39. The van der Waals surface area contributed by atoms with Crippen LogP contribution in [0.3, 0.4) is 0 Å². The molecule has 0 amide bonds. The van der Waals surface area contributed by atoms with Crippen LogP contribution in [-0.2, 0) is 13.6 Å². The van der Waals surface area contributed by atoms with Crippen molar-refractivity contribution in [3.63, 3.8) is 0 Å². The number of rotatable bonds is 5. The van der Waals surface area contributed by atoms with Crippen LogP contribution in [0.1, 0.15) is 37.2 Å². The number of hydrogen-bond donors (Lipinski definition) is 0. The third-order valence-electron chi connectivity index (χ3n) is 5.47. The van der Waals surface area contributed by atoms with Crippen LogP contribution in [0, 0.1) is 6.92 Å². The van der Waals surface area contributed by atoms with E-state index < -0.39 is 0 Å². The Balaban J connectivity index is 1.42. The van der Waals surface area contributed by atoms with E-state index in [1.54, 1.807) is 24.1 Å². The van der Waals surface area contributed by atoms with Crippen molar-refractivity contribution in [2.75, 3.05) is 18.0 Å². The molecule has 4 rings (SSSR count). The lowest BCUT2D eigenvalue weighted by atomic mass is 10.0. The highest BCUT2D eigenvalue weighted by molar-refractivity contribution is 5.43. The SMILES string of the molecule is Cc1cc(N(C2CC2)C2CCN(Cc3nccc(=O)n3C)CC2)ncn1. The molecule has 2 aromatic heterocycles. The molecule has 2 fully saturated rings. The van der Waals surface area contributed by atoms with Gasteiger partial charge in [-0.1, -0.05) is 0 Å². The summed E-state index contributed by atoms with van der Waals surface area (Å²) >= 11 is 0. The summed E-state index contributed by atoms with van der Waals surface area (Å²) in [7, 11) is 1.80. The molecule has 7 heteroatoms. The second kappa shape index (κ2) is 7.15. The van der Waals surface area contributed by atoms with E-state index in [0.29, 0.717) is 12.1 Å². The zero-order valence-corrected chi connectivity index (χ0v) is 15.5. The summed E-state index contributed by atoms with van der Waals surface area (Å²) in [5.41, 5.74) is 1.03. The Hall–Kier alpha value is -2.28. The highest BCUT2D eigenvalue weighted by atomic mass is 16.1. The molecule has 1 aliphatic carbocycles. The van der Waals surface area contributed by atoms with E-state index in [4.69, 9.17) is 0 Å². The van der Waals surface area contributed by atoms with Gasteiger partial charge >= 0.3 is 0 Å². The molecule has 0 unspecified atom stereocenters. The van der Waals surface area contributed by atoms with Gasteiger partial charge in [0.1, 0.15) is 18.0 Å². The second-order valence-corrected chi connectivity index (χ2v) is 7.42. The molecule has 0 bridgehead atoms. The number of likely N-dealkylation sites (tertiary alicyclic amines) is 1. The fraction of sp³-hybridized carbons (Fsp3) is 0.579. The smallest absolute Gasteiger partial charge is 0.253 e. The van der Waals surface area contributed by atoms with Crippen LogP contribution in [0.4, 0.5) is 5.82 Å². The maximum Gasteiger partial charge on any atom is 0.253 e. The average Bonchev–Trinajstić information content (AvgIpc) is 3.46. The van der Waals surface area contributed by atoms with Gasteiger partial charge in [0.15, 0.2) is 0 Å². The Kier molecular flexibility index (Phi) is 4.72. The zero-order valence-electron chi connectivity index (χ0n) is 15.5. The Morgan fingerprint density at radius 2 is 1.85 bits per heavy atom. The van der Waals surface area contributed by atoms with Crippen LogP contribution in [-0.4, -0.2) is 49.6 Å². The monoisotopic (exact) mass is 354 g/mol. The van der Waals surface area contributed by atoms with Crippen molar-refractivity contribution in [2.45, 2.75) is 51.2 Å². The van der Waals surface area contributed by atoms with E-state index in [0.717, 1.165) is 49.8 Å². The zero-order chi connectivity index (χ0) is 18.1. The topological polar surface area (TPSA) is 67.2 Å². The molecule has 1 saturated carbocycles. The molecule has 0 atom stereocenters. The van der Waals surface area contributed by atoms with Gasteiger partial charge in [-0.3, -0.25) is 14.3 Å². The third-order valence-corrected chi connectivity index (χ3v) is 5.47. The molecule has 0 N–H and O–H groups in total. The first-order chi connectivity index (χ1) is 12.6. The number of aromatic nitrogens is 4. The predicted molar refractivity (Wildman–Crippen MR) is 100 cm³/mol. The van der Waals surface area contributed by atoms with E-state index in [-0.39, 0.29) is 5.56 Å². The van der Waals surface area contributed by atoms with E-state index in [1.165, 1.54) is 18.9 Å². The minimum absolute atomic E-state index is 0.00363. The fourth-order valence-corrected chi connectivity index (χ4v) is 3.82. The third kappa shape index (κ3) is 3.62. The standard InChI is InChI=1S/C19H26N6O/c1-14-11-17(22-13-21-14)25(15-3-4-15)16-6-9-24(10-7-16)12-18-20-8-5-19(26)23(18)2/h5,8,11,13,15-16H,3-4,6-7,9-10,12H2,1-2H3. The summed E-state index contributed by atoms with van der Waals surface area (Å²) in [5.74, 6) is 1.91. The number of piperidine rings is 1. The molecule has 2 aromatic rings. The summed E-state index contributed by atoms with van der Waals surface area (Å²) in [6, 6.07) is 4.78. The minimum Gasteiger partial charge on any atom is -0.350 e. The van der Waals surface area contributed by atoms with Gasteiger partial charge in [0, 0.05) is 56.2 Å². The summed E-state index contributed by atoms with van der Waals surface area (Å²) in [5, 5.41) is 0. The van der Waals surface area contributed by atoms with Crippen LogP contribution < -0.4 is 10.5 Å². The van der Waals surface area contributed by atoms with Crippen molar-refractivity contribution in [3.8, 4) is 0 Å². The highest BCUT2D eigenvalue weighted by Crippen LogP contribution is 2.35. The quantitative estimate of drug-likeness (QED) is 0.811. The van der Waals surface area contributed by atoms with Crippen molar-refractivity contribution in [2.24, 2.45) is 7.05 Å². The summed E-state index contributed by atoms with van der Waals surface area (Å²) < 4.78 is 1.65. The van der Waals surface area contributed by atoms with Crippen molar-refractivity contribution in [3.05, 3.63) is 46.5 Å². The Morgan fingerprint density at radius 1 is 1.12 bits per heavy atom. The van der Waals surface area contributed by atoms with Crippen LogP contribution in [0.15, 0.2) is 29.5 Å². The first-order valence-electron chi connectivity index (χ1n) is 9.42. The van der Waals surface area contributed by atoms with Gasteiger partial charge in [-0.05, 0) is 32.6 Å². The summed E-state index contributed by atoms with van der Waals surface area (Å²) in [6.07, 6.45) is 8.03. The molecule has 26 heavy (non-hydrogen) atoms. The molecular formula is C19H26N6O. The lowest BCUT2D eigenvalue weighted by molar-refractivity contribution is 0.193. The Labute approximate surface area is 153 Å². The van der Waals surface area contributed by atoms with Gasteiger partial charge in [0.05, 0.1) is 6.54 Å². The van der Waals surface area contributed by atoms with E-state index in [1.807, 2.05) is 6.92 Å². The van der Waals surface area contributed by atoms with Crippen LogP contribution in [0.5, 0.6) is 0 Å². The first kappa shape index (κ1) is 17.1. The van der Waals surface area contributed by atoms with E-state index in [2.05, 4.69) is 30.8 Å². The second-order valence-electron chi connectivity index (χ2n) is 7.42. The van der Waals surface area contributed by atoms with Crippen LogP contribution >= 0.6 is 0 Å². The van der Waals surface area contributed by atoms with Crippen molar-refractivity contribution in [1.82, 2.24) is 24.4 Å². The largest absolute Gasteiger partial charge is 0.350 e. The molecule has 0 aromatic carbocycles. The van der Waals surface area contributed by atoms with Gasteiger partial charge in [-0.25, -0.2) is 15.0 Å². The molecule has 2 aliphatic rings. The molecule has 1 aliphatic heterocycles. The number of hydrogen-bond acceptors (Lipinski definition) is 6. The number of anilines is 1. The van der Waals surface area contributed by atoms with Crippen molar-refractivity contribution < 1.29 is 0 Å². The Bertz CT molecular complexity index is 823. The van der Waals surface area contributed by atoms with E-state index >= 15 is 0 Å². The van der Waals surface area contributed by atoms with Gasteiger partial charge in [0.25, 0.3) is 5.56 Å². The molecule has 3 heterocycles. The minimum atomic E-state index is 0.00363. The maximum atomic E-state index is 11.8.